The standard InChI is InChI=1S/C19H27NO4/c1-14(2)17(21)9-10-19(12-23-13-19)20-15(3)18(22)24-11-16-7-5-4-6-8-16/h4-8,14-15,20H,9-13H2,1-3H3/t15-/m0/s1. The second-order valence-corrected chi connectivity index (χ2v) is 6.85. The highest BCUT2D eigenvalue weighted by Crippen LogP contribution is 2.25. The van der Waals surface area contributed by atoms with Gasteiger partial charge in [-0.05, 0) is 18.9 Å². The zero-order valence-electron chi connectivity index (χ0n) is 14.7. The van der Waals surface area contributed by atoms with Crippen molar-refractivity contribution in [2.24, 2.45) is 5.92 Å². The van der Waals surface area contributed by atoms with Crippen LogP contribution in [0.2, 0.25) is 0 Å². The topological polar surface area (TPSA) is 64.6 Å². The van der Waals surface area contributed by atoms with E-state index < -0.39 is 6.04 Å². The van der Waals surface area contributed by atoms with E-state index in [2.05, 4.69) is 5.32 Å². The molecule has 1 aliphatic rings. The molecule has 0 radical (unpaired) electrons. The van der Waals surface area contributed by atoms with E-state index in [1.54, 1.807) is 6.92 Å². The van der Waals surface area contributed by atoms with E-state index in [1.165, 1.54) is 0 Å². The monoisotopic (exact) mass is 333 g/mol. The Labute approximate surface area is 143 Å². The van der Waals surface area contributed by atoms with Crippen LogP contribution in [-0.2, 0) is 25.7 Å². The van der Waals surface area contributed by atoms with Crippen LogP contribution < -0.4 is 5.32 Å². The Morgan fingerprint density at radius 2 is 1.88 bits per heavy atom. The van der Waals surface area contributed by atoms with Gasteiger partial charge in [0.2, 0.25) is 0 Å². The zero-order chi connectivity index (χ0) is 17.6. The predicted molar refractivity (Wildman–Crippen MR) is 91.5 cm³/mol. The van der Waals surface area contributed by atoms with E-state index in [1.807, 2.05) is 44.2 Å². The summed E-state index contributed by atoms with van der Waals surface area (Å²) in [5.74, 6) is -0.0148. The maximum atomic E-state index is 12.2. The van der Waals surface area contributed by atoms with Crippen LogP contribution in [0.1, 0.15) is 39.2 Å². The van der Waals surface area contributed by atoms with Crippen LogP contribution >= 0.6 is 0 Å². The first-order valence-corrected chi connectivity index (χ1v) is 8.50. The van der Waals surface area contributed by atoms with Gasteiger partial charge in [0.15, 0.2) is 0 Å². The highest BCUT2D eigenvalue weighted by Gasteiger charge is 2.40. The third-order valence-electron chi connectivity index (χ3n) is 4.35. The van der Waals surface area contributed by atoms with Crippen molar-refractivity contribution < 1.29 is 19.1 Å². The lowest BCUT2D eigenvalue weighted by Gasteiger charge is -2.43. The molecular formula is C19H27NO4. The molecule has 0 saturated carbocycles. The number of ketones is 1. The number of rotatable bonds is 9. The quantitative estimate of drug-likeness (QED) is 0.703. The summed E-state index contributed by atoms with van der Waals surface area (Å²) in [5, 5.41) is 3.31. The summed E-state index contributed by atoms with van der Waals surface area (Å²) in [7, 11) is 0. The smallest absolute Gasteiger partial charge is 0.323 e. The molecule has 0 unspecified atom stereocenters. The number of carbonyl (C=O) groups is 2. The van der Waals surface area contributed by atoms with Gasteiger partial charge in [0.1, 0.15) is 18.4 Å². The van der Waals surface area contributed by atoms with Gasteiger partial charge >= 0.3 is 5.97 Å². The average Bonchev–Trinajstić information content (AvgIpc) is 2.55. The van der Waals surface area contributed by atoms with Gasteiger partial charge in [-0.3, -0.25) is 14.9 Å². The van der Waals surface area contributed by atoms with Crippen LogP contribution in [-0.4, -0.2) is 36.5 Å². The van der Waals surface area contributed by atoms with Crippen LogP contribution in [0.3, 0.4) is 0 Å². The summed E-state index contributed by atoms with van der Waals surface area (Å²) >= 11 is 0. The molecule has 0 bridgehead atoms. The van der Waals surface area contributed by atoms with E-state index in [0.717, 1.165) is 5.56 Å². The Balaban J connectivity index is 1.81. The summed E-state index contributed by atoms with van der Waals surface area (Å²) in [6, 6.07) is 9.16. The lowest BCUT2D eigenvalue weighted by atomic mass is 9.88. The molecule has 1 N–H and O–H groups in total. The third kappa shape index (κ3) is 5.14. The fraction of sp³-hybridized carbons (Fsp3) is 0.579. The largest absolute Gasteiger partial charge is 0.460 e. The molecule has 0 aliphatic carbocycles. The van der Waals surface area contributed by atoms with E-state index in [-0.39, 0.29) is 29.8 Å². The Bertz CT molecular complexity index is 552. The van der Waals surface area contributed by atoms with Crippen LogP contribution in [0.5, 0.6) is 0 Å². The number of hydrogen-bond donors (Lipinski definition) is 1. The van der Waals surface area contributed by atoms with E-state index in [4.69, 9.17) is 9.47 Å². The lowest BCUT2D eigenvalue weighted by molar-refractivity contribution is -0.150. The Morgan fingerprint density at radius 1 is 1.21 bits per heavy atom. The number of esters is 1. The zero-order valence-corrected chi connectivity index (χ0v) is 14.7. The molecule has 1 aliphatic heterocycles. The molecule has 5 nitrogen and oxygen atoms in total. The molecule has 5 heteroatoms. The van der Waals surface area contributed by atoms with Crippen LogP contribution in [0.25, 0.3) is 0 Å². The fourth-order valence-electron chi connectivity index (χ4n) is 2.67. The highest BCUT2D eigenvalue weighted by atomic mass is 16.5. The molecule has 1 aromatic rings. The molecule has 1 atom stereocenters. The molecule has 0 aromatic heterocycles. The van der Waals surface area contributed by atoms with E-state index >= 15 is 0 Å². The Kier molecular flexibility index (Phi) is 6.52. The molecule has 0 amide bonds. The van der Waals surface area contributed by atoms with Gasteiger partial charge < -0.3 is 9.47 Å². The summed E-state index contributed by atoms with van der Waals surface area (Å²) in [5.41, 5.74) is 0.665. The van der Waals surface area contributed by atoms with E-state index in [0.29, 0.717) is 26.1 Å². The number of carbonyl (C=O) groups excluding carboxylic acids is 2. The molecule has 2 rings (SSSR count). The third-order valence-corrected chi connectivity index (χ3v) is 4.35. The minimum Gasteiger partial charge on any atom is -0.460 e. The first-order chi connectivity index (χ1) is 11.4. The number of nitrogens with one attached hydrogen (secondary N) is 1. The maximum Gasteiger partial charge on any atom is 0.323 e. The number of hydrogen-bond acceptors (Lipinski definition) is 5. The second-order valence-electron chi connectivity index (χ2n) is 6.85. The maximum absolute atomic E-state index is 12.2. The van der Waals surface area contributed by atoms with Gasteiger partial charge in [-0.1, -0.05) is 44.2 Å². The molecule has 0 spiro atoms. The fourth-order valence-corrected chi connectivity index (χ4v) is 2.67. The van der Waals surface area contributed by atoms with Crippen molar-refractivity contribution in [3.63, 3.8) is 0 Å². The Morgan fingerprint density at radius 3 is 2.42 bits per heavy atom. The number of Topliss-reactive ketones (excluding diaryl/α,β-unsaturated/α-hetero) is 1. The molecule has 132 valence electrons. The van der Waals surface area contributed by atoms with Gasteiger partial charge in [-0.15, -0.1) is 0 Å². The van der Waals surface area contributed by atoms with Crippen molar-refractivity contribution in [1.29, 1.82) is 0 Å². The predicted octanol–water partition coefficient (Wildman–Crippen LogP) is 2.48. The number of ether oxygens (including phenoxy) is 2. The summed E-state index contributed by atoms with van der Waals surface area (Å²) in [6.45, 7) is 6.91. The van der Waals surface area contributed by atoms with Crippen molar-refractivity contribution in [3.8, 4) is 0 Å². The lowest BCUT2D eigenvalue weighted by Crippen LogP contribution is -2.64. The highest BCUT2D eigenvalue weighted by molar-refractivity contribution is 5.80. The average molecular weight is 333 g/mol. The van der Waals surface area contributed by atoms with Crippen LogP contribution in [0, 0.1) is 5.92 Å². The van der Waals surface area contributed by atoms with Crippen molar-refractivity contribution >= 4 is 11.8 Å². The van der Waals surface area contributed by atoms with Crippen LogP contribution in [0.15, 0.2) is 30.3 Å². The molecule has 1 heterocycles. The SMILES string of the molecule is CC(C)C(=O)CCC1(N[C@@H](C)C(=O)OCc2ccccc2)COC1. The molecule has 1 saturated heterocycles. The first kappa shape index (κ1) is 18.6. The van der Waals surface area contributed by atoms with Crippen molar-refractivity contribution in [1.82, 2.24) is 5.32 Å². The normalized spacial score (nSPS) is 17.2. The van der Waals surface area contributed by atoms with Gasteiger partial charge in [0, 0.05) is 12.3 Å². The number of benzene rings is 1. The minimum atomic E-state index is -0.438. The van der Waals surface area contributed by atoms with Gasteiger partial charge in [-0.25, -0.2) is 0 Å². The molecule has 1 fully saturated rings. The van der Waals surface area contributed by atoms with Gasteiger partial charge in [0.05, 0.1) is 18.8 Å². The minimum absolute atomic E-state index is 0.0382. The van der Waals surface area contributed by atoms with Crippen molar-refractivity contribution in [2.75, 3.05) is 13.2 Å². The summed E-state index contributed by atoms with van der Waals surface area (Å²) < 4.78 is 10.7. The summed E-state index contributed by atoms with van der Waals surface area (Å²) in [6.07, 6.45) is 1.18. The molecular weight excluding hydrogens is 306 g/mol. The van der Waals surface area contributed by atoms with Crippen molar-refractivity contribution in [2.45, 2.75) is 51.8 Å². The first-order valence-electron chi connectivity index (χ1n) is 8.50. The molecule has 24 heavy (non-hydrogen) atoms. The van der Waals surface area contributed by atoms with Crippen molar-refractivity contribution in [3.05, 3.63) is 35.9 Å². The summed E-state index contributed by atoms with van der Waals surface area (Å²) in [4.78, 5) is 24.0. The van der Waals surface area contributed by atoms with Gasteiger partial charge in [0.25, 0.3) is 0 Å². The Hall–Kier alpha value is -1.72. The van der Waals surface area contributed by atoms with Crippen LogP contribution in [0.4, 0.5) is 0 Å². The molecule has 1 aromatic carbocycles. The van der Waals surface area contributed by atoms with E-state index in [9.17, 15) is 9.59 Å². The van der Waals surface area contributed by atoms with Gasteiger partial charge in [-0.2, -0.15) is 0 Å². The second kappa shape index (κ2) is 8.40.